The molecule has 8 nitrogen and oxygen atoms in total. The molecule has 3 N–H and O–H groups in total. The number of morpholine rings is 1. The summed E-state index contributed by atoms with van der Waals surface area (Å²) in [6, 6.07) is 6.33. The van der Waals surface area contributed by atoms with Crippen LogP contribution < -0.4 is 16.0 Å². The number of carbonyl (C=O) groups excluding carboxylic acids is 1. The SMILES string of the molecule is CCNC(=NCC(c1cccs1)N1CCOCC1)NCCCNC(=O)c1occc1C.I. The van der Waals surface area contributed by atoms with Crippen LogP contribution in [0.2, 0.25) is 0 Å². The van der Waals surface area contributed by atoms with E-state index in [2.05, 4.69) is 45.3 Å². The Morgan fingerprint density at radius 2 is 2.00 bits per heavy atom. The third-order valence-electron chi connectivity index (χ3n) is 5.12. The molecule has 1 amide bonds. The number of hydrogen-bond donors (Lipinski definition) is 3. The smallest absolute Gasteiger partial charge is 0.287 e. The minimum absolute atomic E-state index is 0. The van der Waals surface area contributed by atoms with Crippen molar-refractivity contribution in [2.24, 2.45) is 4.99 Å². The third-order valence-corrected chi connectivity index (χ3v) is 6.10. The highest BCUT2D eigenvalue weighted by Gasteiger charge is 2.23. The summed E-state index contributed by atoms with van der Waals surface area (Å²) in [6.07, 6.45) is 2.32. The van der Waals surface area contributed by atoms with Crippen LogP contribution in [-0.4, -0.2) is 69.2 Å². The molecule has 2 aromatic heterocycles. The molecule has 0 aromatic carbocycles. The average molecular weight is 576 g/mol. The van der Waals surface area contributed by atoms with Crippen molar-refractivity contribution in [3.63, 3.8) is 0 Å². The molecule has 3 heterocycles. The van der Waals surface area contributed by atoms with Crippen LogP contribution in [0.1, 0.15) is 40.4 Å². The Labute approximate surface area is 211 Å². The molecule has 0 spiro atoms. The van der Waals surface area contributed by atoms with E-state index < -0.39 is 0 Å². The van der Waals surface area contributed by atoms with Crippen LogP contribution in [0.25, 0.3) is 0 Å². The number of nitrogens with zero attached hydrogens (tertiary/aromatic N) is 2. The van der Waals surface area contributed by atoms with Crippen molar-refractivity contribution in [3.05, 3.63) is 46.0 Å². The van der Waals surface area contributed by atoms with Crippen molar-refractivity contribution in [1.29, 1.82) is 0 Å². The Kier molecular flexibility index (Phi) is 12.1. The van der Waals surface area contributed by atoms with Gasteiger partial charge in [-0.1, -0.05) is 6.07 Å². The van der Waals surface area contributed by atoms with Gasteiger partial charge in [0.25, 0.3) is 5.91 Å². The first-order valence-corrected chi connectivity index (χ1v) is 11.8. The number of nitrogens with one attached hydrogen (secondary N) is 3. The second-order valence-electron chi connectivity index (χ2n) is 7.37. The monoisotopic (exact) mass is 575 g/mol. The van der Waals surface area contributed by atoms with Crippen LogP contribution in [0.4, 0.5) is 0 Å². The van der Waals surface area contributed by atoms with Gasteiger partial charge in [0.1, 0.15) is 0 Å². The lowest BCUT2D eigenvalue weighted by atomic mass is 10.2. The predicted octanol–water partition coefficient (Wildman–Crippen LogP) is 3.02. The number of aryl methyl sites for hydroxylation is 1. The van der Waals surface area contributed by atoms with Gasteiger partial charge in [-0.2, -0.15) is 0 Å². The molecule has 1 aliphatic rings. The molecule has 1 unspecified atom stereocenters. The van der Waals surface area contributed by atoms with E-state index in [1.165, 1.54) is 11.1 Å². The van der Waals surface area contributed by atoms with Gasteiger partial charge in [0.05, 0.1) is 32.1 Å². The van der Waals surface area contributed by atoms with Crippen molar-refractivity contribution in [2.45, 2.75) is 26.3 Å². The number of guanidine groups is 1. The number of rotatable bonds is 10. The molecule has 1 aliphatic heterocycles. The second-order valence-corrected chi connectivity index (χ2v) is 8.35. The molecule has 3 rings (SSSR count). The third kappa shape index (κ3) is 8.05. The molecule has 32 heavy (non-hydrogen) atoms. The summed E-state index contributed by atoms with van der Waals surface area (Å²) in [5.74, 6) is 1.00. The Bertz CT molecular complexity index is 821. The lowest BCUT2D eigenvalue weighted by molar-refractivity contribution is 0.0186. The summed E-state index contributed by atoms with van der Waals surface area (Å²) in [5, 5.41) is 11.7. The minimum Gasteiger partial charge on any atom is -0.459 e. The Hall–Kier alpha value is -1.63. The lowest BCUT2D eigenvalue weighted by Crippen LogP contribution is -2.42. The van der Waals surface area contributed by atoms with Crippen molar-refractivity contribution in [2.75, 3.05) is 52.5 Å². The van der Waals surface area contributed by atoms with Gasteiger partial charge in [-0.3, -0.25) is 14.7 Å². The first kappa shape index (κ1) is 26.6. The maximum absolute atomic E-state index is 12.1. The predicted molar refractivity (Wildman–Crippen MR) is 139 cm³/mol. The van der Waals surface area contributed by atoms with Gasteiger partial charge in [0.15, 0.2) is 11.7 Å². The summed E-state index contributed by atoms with van der Waals surface area (Å²) in [6.45, 7) is 10.1. The van der Waals surface area contributed by atoms with Gasteiger partial charge < -0.3 is 25.1 Å². The van der Waals surface area contributed by atoms with Crippen LogP contribution >= 0.6 is 35.3 Å². The highest BCUT2D eigenvalue weighted by molar-refractivity contribution is 14.0. The number of amides is 1. The van der Waals surface area contributed by atoms with Gasteiger partial charge in [-0.25, -0.2) is 0 Å². The molecule has 1 atom stereocenters. The Balaban J connectivity index is 0.00000363. The van der Waals surface area contributed by atoms with E-state index in [1.54, 1.807) is 17.4 Å². The van der Waals surface area contributed by atoms with Crippen molar-refractivity contribution in [3.8, 4) is 0 Å². The number of furan rings is 1. The number of carbonyl (C=O) groups is 1. The topological polar surface area (TPSA) is 91.1 Å². The molecular formula is C22H34IN5O3S. The summed E-state index contributed by atoms with van der Waals surface area (Å²) >= 11 is 1.78. The lowest BCUT2D eigenvalue weighted by Gasteiger charge is -2.33. The van der Waals surface area contributed by atoms with Crippen LogP contribution in [0.15, 0.2) is 39.3 Å². The van der Waals surface area contributed by atoms with E-state index in [0.717, 1.165) is 50.8 Å². The summed E-state index contributed by atoms with van der Waals surface area (Å²) in [5.41, 5.74) is 0.845. The quantitative estimate of drug-likeness (QED) is 0.175. The summed E-state index contributed by atoms with van der Waals surface area (Å²) in [7, 11) is 0. The Morgan fingerprint density at radius 3 is 2.66 bits per heavy atom. The maximum Gasteiger partial charge on any atom is 0.287 e. The highest BCUT2D eigenvalue weighted by atomic mass is 127. The molecular weight excluding hydrogens is 541 g/mol. The standard InChI is InChI=1S/C22H33N5O3S.HI/c1-3-23-22(25-9-5-8-24-21(28)20-17(2)7-12-30-20)26-16-18(19-6-4-15-31-19)27-10-13-29-14-11-27;/h4,6-7,12,15,18H,3,5,8-11,13-14,16H2,1-2H3,(H,24,28)(H2,23,25,26);1H. The number of aliphatic imine (C=N–C) groups is 1. The van der Waals surface area contributed by atoms with Crippen LogP contribution in [0, 0.1) is 6.92 Å². The molecule has 178 valence electrons. The van der Waals surface area contributed by atoms with Gasteiger partial charge in [-0.15, -0.1) is 35.3 Å². The molecule has 10 heteroatoms. The normalized spacial score (nSPS) is 15.6. The zero-order valence-electron chi connectivity index (χ0n) is 18.8. The van der Waals surface area contributed by atoms with E-state index in [-0.39, 0.29) is 35.9 Å². The van der Waals surface area contributed by atoms with E-state index >= 15 is 0 Å². The zero-order chi connectivity index (χ0) is 21.9. The fraction of sp³-hybridized carbons (Fsp3) is 0.545. The first-order valence-electron chi connectivity index (χ1n) is 10.9. The molecule has 1 saturated heterocycles. The Morgan fingerprint density at radius 1 is 1.22 bits per heavy atom. The molecule has 0 bridgehead atoms. The number of halogens is 1. The van der Waals surface area contributed by atoms with Crippen LogP contribution in [0.3, 0.4) is 0 Å². The van der Waals surface area contributed by atoms with E-state index in [1.807, 2.05) is 6.92 Å². The zero-order valence-corrected chi connectivity index (χ0v) is 21.9. The number of ether oxygens (including phenoxy) is 1. The van der Waals surface area contributed by atoms with Gasteiger partial charge in [-0.05, 0) is 37.8 Å². The highest BCUT2D eigenvalue weighted by Crippen LogP contribution is 2.26. The van der Waals surface area contributed by atoms with Crippen molar-refractivity contribution in [1.82, 2.24) is 20.9 Å². The largest absolute Gasteiger partial charge is 0.459 e. The van der Waals surface area contributed by atoms with Crippen LogP contribution in [-0.2, 0) is 4.74 Å². The average Bonchev–Trinajstić information content (AvgIpc) is 3.46. The second kappa shape index (κ2) is 14.5. The summed E-state index contributed by atoms with van der Waals surface area (Å²) < 4.78 is 10.7. The summed E-state index contributed by atoms with van der Waals surface area (Å²) in [4.78, 5) is 20.7. The molecule has 0 aliphatic carbocycles. The van der Waals surface area contributed by atoms with E-state index in [4.69, 9.17) is 14.1 Å². The van der Waals surface area contributed by atoms with Gasteiger partial charge in [0.2, 0.25) is 0 Å². The molecule has 1 fully saturated rings. The number of thiophene rings is 1. The van der Waals surface area contributed by atoms with Gasteiger partial charge in [0, 0.05) is 43.2 Å². The van der Waals surface area contributed by atoms with Gasteiger partial charge >= 0.3 is 0 Å². The van der Waals surface area contributed by atoms with Crippen molar-refractivity contribution >= 4 is 47.2 Å². The van der Waals surface area contributed by atoms with E-state index in [0.29, 0.717) is 25.4 Å². The van der Waals surface area contributed by atoms with Crippen molar-refractivity contribution < 1.29 is 13.9 Å². The van der Waals surface area contributed by atoms with Crippen LogP contribution in [0.5, 0.6) is 0 Å². The number of hydrogen-bond acceptors (Lipinski definition) is 6. The fourth-order valence-electron chi connectivity index (χ4n) is 3.46. The first-order chi connectivity index (χ1) is 15.2. The minimum atomic E-state index is -0.174. The molecule has 0 radical (unpaired) electrons. The maximum atomic E-state index is 12.1. The molecule has 0 saturated carbocycles. The fourth-order valence-corrected chi connectivity index (χ4v) is 4.31. The van der Waals surface area contributed by atoms with E-state index in [9.17, 15) is 4.79 Å². The molecule has 2 aromatic rings.